The van der Waals surface area contributed by atoms with Crippen molar-refractivity contribution in [2.24, 2.45) is 17.1 Å². The molecular weight excluding hydrogens is 250 g/mol. The Labute approximate surface area is 124 Å². The van der Waals surface area contributed by atoms with Crippen molar-refractivity contribution in [2.45, 2.75) is 47.0 Å². The van der Waals surface area contributed by atoms with E-state index in [9.17, 15) is 4.79 Å². The molecule has 0 aliphatic carbocycles. The second-order valence-corrected chi connectivity index (χ2v) is 6.08. The number of hydrogen-bond donors (Lipinski definition) is 1. The van der Waals surface area contributed by atoms with Crippen molar-refractivity contribution in [1.29, 1.82) is 0 Å². The molecule has 0 aromatic rings. The van der Waals surface area contributed by atoms with E-state index in [4.69, 9.17) is 5.73 Å². The maximum atomic E-state index is 12.8. The van der Waals surface area contributed by atoms with E-state index in [1.165, 1.54) is 0 Å². The molecule has 1 rings (SSSR count). The maximum absolute atomic E-state index is 12.8. The largest absolute Gasteiger partial charge is 0.342 e. The number of carbonyl (C=O) groups excluding carboxylic acids is 1. The van der Waals surface area contributed by atoms with Crippen LogP contribution in [-0.4, -0.2) is 55.0 Å². The third-order valence-electron chi connectivity index (χ3n) is 5.18. The van der Waals surface area contributed by atoms with Crippen molar-refractivity contribution in [3.05, 3.63) is 0 Å². The zero-order chi connectivity index (χ0) is 15.2. The molecule has 4 heteroatoms. The molecule has 118 valence electrons. The minimum absolute atomic E-state index is 0.284. The summed E-state index contributed by atoms with van der Waals surface area (Å²) in [7, 11) is 0. The lowest BCUT2D eigenvalue weighted by molar-refractivity contribution is -0.141. The van der Waals surface area contributed by atoms with E-state index in [2.05, 4.69) is 37.5 Å². The molecule has 4 nitrogen and oxygen atoms in total. The van der Waals surface area contributed by atoms with E-state index in [0.29, 0.717) is 12.5 Å². The van der Waals surface area contributed by atoms with Crippen LogP contribution in [0, 0.1) is 11.3 Å². The van der Waals surface area contributed by atoms with Gasteiger partial charge in [0.2, 0.25) is 5.91 Å². The van der Waals surface area contributed by atoms with Crippen molar-refractivity contribution in [1.82, 2.24) is 9.80 Å². The van der Waals surface area contributed by atoms with Gasteiger partial charge in [-0.15, -0.1) is 0 Å². The third-order valence-corrected chi connectivity index (χ3v) is 5.18. The molecule has 0 spiro atoms. The van der Waals surface area contributed by atoms with Crippen LogP contribution in [0.1, 0.15) is 47.0 Å². The van der Waals surface area contributed by atoms with Crippen LogP contribution in [0.4, 0.5) is 0 Å². The minimum atomic E-state index is -0.329. The summed E-state index contributed by atoms with van der Waals surface area (Å²) in [5.41, 5.74) is 5.57. The number of nitrogens with two attached hydrogens (primary N) is 1. The molecule has 0 aromatic carbocycles. The smallest absolute Gasteiger partial charge is 0.230 e. The summed E-state index contributed by atoms with van der Waals surface area (Å²) in [6.07, 6.45) is 2.82. The van der Waals surface area contributed by atoms with Gasteiger partial charge in [0.1, 0.15) is 0 Å². The fraction of sp³-hybridized carbons (Fsp3) is 0.938. The standard InChI is InChI=1S/C16H33N3O/c1-5-16(6-2,13-17)15(20)19-10-9-14(12-19)11-18(7-3)8-4/h14H,5-13,17H2,1-4H3. The Morgan fingerprint density at radius 3 is 2.30 bits per heavy atom. The topological polar surface area (TPSA) is 49.6 Å². The molecule has 1 saturated heterocycles. The van der Waals surface area contributed by atoms with Crippen LogP contribution < -0.4 is 5.73 Å². The van der Waals surface area contributed by atoms with Gasteiger partial charge in [0.05, 0.1) is 5.41 Å². The lowest BCUT2D eigenvalue weighted by atomic mass is 9.81. The molecule has 2 N–H and O–H groups in total. The highest BCUT2D eigenvalue weighted by atomic mass is 16.2. The van der Waals surface area contributed by atoms with Gasteiger partial charge < -0.3 is 15.5 Å². The lowest BCUT2D eigenvalue weighted by Gasteiger charge is -2.33. The Hall–Kier alpha value is -0.610. The Morgan fingerprint density at radius 2 is 1.85 bits per heavy atom. The predicted molar refractivity (Wildman–Crippen MR) is 84.5 cm³/mol. The van der Waals surface area contributed by atoms with Gasteiger partial charge in [-0.2, -0.15) is 0 Å². The van der Waals surface area contributed by atoms with Gasteiger partial charge in [-0.1, -0.05) is 27.7 Å². The molecule has 0 bridgehead atoms. The average molecular weight is 283 g/mol. The molecular formula is C16H33N3O. The monoisotopic (exact) mass is 283 g/mol. The summed E-state index contributed by atoms with van der Waals surface area (Å²) in [6.45, 7) is 14.2. The van der Waals surface area contributed by atoms with E-state index >= 15 is 0 Å². The molecule has 0 saturated carbocycles. The van der Waals surface area contributed by atoms with Crippen LogP contribution in [-0.2, 0) is 4.79 Å². The minimum Gasteiger partial charge on any atom is -0.342 e. The highest BCUT2D eigenvalue weighted by Crippen LogP contribution is 2.30. The van der Waals surface area contributed by atoms with Gasteiger partial charge in [0.15, 0.2) is 0 Å². The molecule has 1 unspecified atom stereocenters. The van der Waals surface area contributed by atoms with E-state index in [1.54, 1.807) is 0 Å². The quantitative estimate of drug-likeness (QED) is 0.740. The molecule has 1 atom stereocenters. The van der Waals surface area contributed by atoms with Crippen LogP contribution >= 0.6 is 0 Å². The molecule has 1 aliphatic rings. The van der Waals surface area contributed by atoms with E-state index in [-0.39, 0.29) is 11.3 Å². The van der Waals surface area contributed by atoms with Gasteiger partial charge >= 0.3 is 0 Å². The summed E-state index contributed by atoms with van der Waals surface area (Å²) >= 11 is 0. The van der Waals surface area contributed by atoms with Crippen LogP contribution in [0.2, 0.25) is 0 Å². The van der Waals surface area contributed by atoms with E-state index in [1.807, 2.05) is 0 Å². The van der Waals surface area contributed by atoms with E-state index in [0.717, 1.165) is 52.0 Å². The van der Waals surface area contributed by atoms with Crippen LogP contribution in [0.25, 0.3) is 0 Å². The number of likely N-dealkylation sites (tertiary alicyclic amines) is 1. The summed E-state index contributed by atoms with van der Waals surface area (Å²) in [6, 6.07) is 0. The fourth-order valence-corrected chi connectivity index (χ4v) is 3.28. The normalized spacial score (nSPS) is 19.9. The Bertz CT molecular complexity index is 290. The van der Waals surface area contributed by atoms with Crippen LogP contribution in [0.3, 0.4) is 0 Å². The summed E-state index contributed by atoms with van der Waals surface area (Å²) < 4.78 is 0. The average Bonchev–Trinajstić information content (AvgIpc) is 2.95. The zero-order valence-electron chi connectivity index (χ0n) is 13.8. The zero-order valence-corrected chi connectivity index (χ0v) is 13.8. The van der Waals surface area contributed by atoms with Gasteiger partial charge in [0, 0.05) is 26.2 Å². The van der Waals surface area contributed by atoms with Gasteiger partial charge in [-0.3, -0.25) is 4.79 Å². The molecule has 1 amide bonds. The molecule has 1 fully saturated rings. The predicted octanol–water partition coefficient (Wildman–Crippen LogP) is 1.94. The molecule has 0 radical (unpaired) electrons. The highest BCUT2D eigenvalue weighted by Gasteiger charge is 2.39. The molecule has 1 aliphatic heterocycles. The van der Waals surface area contributed by atoms with Crippen molar-refractivity contribution in [3.63, 3.8) is 0 Å². The number of carbonyl (C=O) groups is 1. The van der Waals surface area contributed by atoms with Crippen molar-refractivity contribution in [2.75, 3.05) is 39.3 Å². The first-order chi connectivity index (χ1) is 9.56. The molecule has 1 heterocycles. The van der Waals surface area contributed by atoms with Gasteiger partial charge in [0.25, 0.3) is 0 Å². The van der Waals surface area contributed by atoms with E-state index < -0.39 is 0 Å². The second-order valence-electron chi connectivity index (χ2n) is 6.08. The van der Waals surface area contributed by atoms with Crippen LogP contribution in [0.5, 0.6) is 0 Å². The first-order valence-corrected chi connectivity index (χ1v) is 8.28. The maximum Gasteiger partial charge on any atom is 0.230 e. The Balaban J connectivity index is 2.60. The fourth-order valence-electron chi connectivity index (χ4n) is 3.28. The first kappa shape index (κ1) is 17.4. The van der Waals surface area contributed by atoms with Crippen molar-refractivity contribution < 1.29 is 4.79 Å². The highest BCUT2D eigenvalue weighted by molar-refractivity contribution is 5.83. The Morgan fingerprint density at radius 1 is 1.25 bits per heavy atom. The number of nitrogens with zero attached hydrogens (tertiary/aromatic N) is 2. The van der Waals surface area contributed by atoms with Gasteiger partial charge in [-0.05, 0) is 38.3 Å². The van der Waals surface area contributed by atoms with Crippen molar-refractivity contribution in [3.8, 4) is 0 Å². The number of amides is 1. The third kappa shape index (κ3) is 3.73. The van der Waals surface area contributed by atoms with Gasteiger partial charge in [-0.25, -0.2) is 0 Å². The first-order valence-electron chi connectivity index (χ1n) is 8.28. The Kier molecular flexibility index (Phi) is 6.96. The molecule has 0 aromatic heterocycles. The van der Waals surface area contributed by atoms with Crippen molar-refractivity contribution >= 4 is 5.91 Å². The summed E-state index contributed by atoms with van der Waals surface area (Å²) in [5.74, 6) is 0.912. The second kappa shape index (κ2) is 7.99. The number of rotatable bonds is 8. The SMILES string of the molecule is CCN(CC)CC1CCN(C(=O)C(CC)(CC)CN)C1. The van der Waals surface area contributed by atoms with Crippen LogP contribution in [0.15, 0.2) is 0 Å². The summed E-state index contributed by atoms with van der Waals surface area (Å²) in [4.78, 5) is 17.3. The summed E-state index contributed by atoms with van der Waals surface area (Å²) in [5, 5.41) is 0. The lowest BCUT2D eigenvalue weighted by Crippen LogP contribution is -2.47. The number of hydrogen-bond acceptors (Lipinski definition) is 3. The molecule has 20 heavy (non-hydrogen) atoms.